The van der Waals surface area contributed by atoms with Crippen LogP contribution in [0.1, 0.15) is 79.8 Å². The Bertz CT molecular complexity index is 1590. The molecule has 3 heterocycles. The number of ether oxygens (including phenoxy) is 1. The van der Waals surface area contributed by atoms with E-state index in [4.69, 9.17) is 4.74 Å². The Kier molecular flexibility index (Phi) is 9.27. The number of hydrogen-bond donors (Lipinski definition) is 3. The van der Waals surface area contributed by atoms with Gasteiger partial charge in [-0.3, -0.25) is 19.2 Å². The number of benzene rings is 1. The van der Waals surface area contributed by atoms with Crippen LogP contribution in [0.4, 0.5) is 4.39 Å². The van der Waals surface area contributed by atoms with Gasteiger partial charge < -0.3 is 20.1 Å². The molecule has 12 heteroatoms. The lowest BCUT2D eigenvalue weighted by Gasteiger charge is -2.42. The number of rotatable bonds is 10. The van der Waals surface area contributed by atoms with Crippen molar-refractivity contribution in [3.8, 4) is 11.5 Å². The summed E-state index contributed by atoms with van der Waals surface area (Å²) in [6.45, 7) is 8.48. The van der Waals surface area contributed by atoms with Crippen molar-refractivity contribution in [3.05, 3.63) is 81.3 Å². The van der Waals surface area contributed by atoms with Gasteiger partial charge in [0.05, 0.1) is 23.3 Å². The molecular formula is C31H36FN5O6. The molecule has 2 amide bonds. The number of carboxylic acid groups (broad SMARTS) is 1. The van der Waals surface area contributed by atoms with Gasteiger partial charge in [-0.05, 0) is 75.8 Å². The Morgan fingerprint density at radius 1 is 1.16 bits per heavy atom. The SMILES string of the molecule is CCC(CC)(C(=O)O)[C@H]1CC[C@@H](c2cccc(F)c2)N1C(=O)[C@@H](C)NC(=O)c1cc(C)c(Oc2cc(C)n[nH]c2=O)cn1. The third-order valence-corrected chi connectivity index (χ3v) is 8.33. The van der Waals surface area contributed by atoms with Crippen molar-refractivity contribution < 1.29 is 28.6 Å². The number of aromatic nitrogens is 3. The van der Waals surface area contributed by atoms with Gasteiger partial charge in [-0.1, -0.05) is 26.0 Å². The first-order chi connectivity index (χ1) is 20.4. The van der Waals surface area contributed by atoms with Crippen LogP contribution in [0.5, 0.6) is 11.5 Å². The third-order valence-electron chi connectivity index (χ3n) is 8.33. The minimum atomic E-state index is -1.20. The maximum Gasteiger partial charge on any atom is 0.311 e. The quantitative estimate of drug-likeness (QED) is 0.311. The van der Waals surface area contributed by atoms with Gasteiger partial charge in [-0.25, -0.2) is 14.5 Å². The average molecular weight is 594 g/mol. The van der Waals surface area contributed by atoms with E-state index in [1.807, 2.05) is 0 Å². The molecule has 1 fully saturated rings. The van der Waals surface area contributed by atoms with Crippen LogP contribution in [0.3, 0.4) is 0 Å². The third kappa shape index (κ3) is 6.27. The summed E-state index contributed by atoms with van der Waals surface area (Å²) in [7, 11) is 0. The van der Waals surface area contributed by atoms with Crippen LogP contribution in [-0.4, -0.2) is 55.1 Å². The van der Waals surface area contributed by atoms with Crippen molar-refractivity contribution in [3.63, 3.8) is 0 Å². The van der Waals surface area contributed by atoms with Gasteiger partial charge in [-0.2, -0.15) is 5.10 Å². The predicted molar refractivity (Wildman–Crippen MR) is 155 cm³/mol. The number of hydrogen-bond acceptors (Lipinski definition) is 7. The molecule has 1 aliphatic heterocycles. The maximum atomic E-state index is 14.2. The summed E-state index contributed by atoms with van der Waals surface area (Å²) in [4.78, 5) is 57.5. The second-order valence-corrected chi connectivity index (χ2v) is 10.9. The number of likely N-dealkylation sites (tertiary alicyclic amines) is 1. The van der Waals surface area contributed by atoms with E-state index in [0.717, 1.165) is 0 Å². The number of carboxylic acids is 1. The molecule has 43 heavy (non-hydrogen) atoms. The average Bonchev–Trinajstić information content (AvgIpc) is 3.41. The Hall–Kier alpha value is -4.61. The monoisotopic (exact) mass is 593 g/mol. The number of aliphatic carboxylic acids is 1. The number of amides is 2. The molecule has 0 spiro atoms. The van der Waals surface area contributed by atoms with E-state index in [1.165, 1.54) is 42.3 Å². The maximum absolute atomic E-state index is 14.2. The second kappa shape index (κ2) is 12.7. The van der Waals surface area contributed by atoms with Crippen LogP contribution < -0.4 is 15.6 Å². The summed E-state index contributed by atoms with van der Waals surface area (Å²) >= 11 is 0. The number of aromatic amines is 1. The largest absolute Gasteiger partial charge is 0.481 e. The fourth-order valence-electron chi connectivity index (χ4n) is 5.87. The fraction of sp³-hybridized carbons (Fsp3) is 0.419. The van der Waals surface area contributed by atoms with E-state index < -0.39 is 52.7 Å². The summed E-state index contributed by atoms with van der Waals surface area (Å²) < 4.78 is 19.9. The first-order valence-electron chi connectivity index (χ1n) is 14.2. The van der Waals surface area contributed by atoms with Gasteiger partial charge in [-0.15, -0.1) is 0 Å². The number of pyridine rings is 1. The van der Waals surface area contributed by atoms with Crippen molar-refractivity contribution in [2.24, 2.45) is 5.41 Å². The molecule has 3 atom stereocenters. The van der Waals surface area contributed by atoms with Crippen LogP contribution in [0.15, 0.2) is 47.4 Å². The van der Waals surface area contributed by atoms with Crippen LogP contribution in [0, 0.1) is 25.1 Å². The molecule has 1 aromatic carbocycles. The van der Waals surface area contributed by atoms with Gasteiger partial charge in [0.15, 0.2) is 5.75 Å². The van der Waals surface area contributed by atoms with Gasteiger partial charge >= 0.3 is 11.5 Å². The van der Waals surface area contributed by atoms with Crippen LogP contribution in [-0.2, 0) is 9.59 Å². The molecule has 3 aromatic rings. The molecule has 0 unspecified atom stereocenters. The number of aryl methyl sites for hydroxylation is 2. The fourth-order valence-corrected chi connectivity index (χ4v) is 5.87. The molecule has 228 valence electrons. The normalized spacial score (nSPS) is 17.4. The molecule has 0 aliphatic carbocycles. The number of nitrogens with zero attached hydrogens (tertiary/aromatic N) is 3. The smallest absolute Gasteiger partial charge is 0.311 e. The highest BCUT2D eigenvalue weighted by atomic mass is 19.1. The van der Waals surface area contributed by atoms with Gasteiger partial charge in [0, 0.05) is 12.1 Å². The highest BCUT2D eigenvalue weighted by Gasteiger charge is 2.52. The Balaban J connectivity index is 1.58. The predicted octanol–water partition coefficient (Wildman–Crippen LogP) is 4.45. The molecule has 0 radical (unpaired) electrons. The molecule has 0 bridgehead atoms. The molecule has 11 nitrogen and oxygen atoms in total. The molecular weight excluding hydrogens is 557 g/mol. The minimum Gasteiger partial charge on any atom is -0.481 e. The highest BCUT2D eigenvalue weighted by molar-refractivity contribution is 5.96. The Morgan fingerprint density at radius 3 is 2.51 bits per heavy atom. The lowest BCUT2D eigenvalue weighted by molar-refractivity contribution is -0.157. The Labute approximate surface area is 248 Å². The number of halogens is 1. The van der Waals surface area contributed by atoms with E-state index >= 15 is 0 Å². The first-order valence-corrected chi connectivity index (χ1v) is 14.2. The summed E-state index contributed by atoms with van der Waals surface area (Å²) in [5, 5.41) is 19.1. The van der Waals surface area contributed by atoms with Crippen LogP contribution >= 0.6 is 0 Å². The number of carbonyl (C=O) groups excluding carboxylic acids is 2. The standard InChI is InChI=1S/C31H36FN5O6/c1-6-31(7-2,30(41)42)26-12-11-23(20-9-8-10-21(32)15-20)37(26)29(40)19(5)34-27(38)22-13-17(3)25(16-33-22)43-24-14-18(4)35-36-28(24)39/h8-10,13-16,19,23,26H,6-7,11-12H2,1-5H3,(H,34,38)(H,36,39)(H,41,42)/t19-,23+,26-/m1/s1. The van der Waals surface area contributed by atoms with E-state index in [2.05, 4.69) is 20.5 Å². The van der Waals surface area contributed by atoms with E-state index in [1.54, 1.807) is 39.8 Å². The van der Waals surface area contributed by atoms with Crippen LogP contribution in [0.25, 0.3) is 0 Å². The van der Waals surface area contributed by atoms with Crippen molar-refractivity contribution in [1.29, 1.82) is 0 Å². The topological polar surface area (TPSA) is 155 Å². The van der Waals surface area contributed by atoms with Crippen LogP contribution in [0.2, 0.25) is 0 Å². The van der Waals surface area contributed by atoms with Crippen molar-refractivity contribution >= 4 is 17.8 Å². The summed E-state index contributed by atoms with van der Waals surface area (Å²) in [6.07, 6.45) is 2.78. The lowest BCUT2D eigenvalue weighted by Crippen LogP contribution is -2.55. The van der Waals surface area contributed by atoms with Crippen molar-refractivity contribution in [2.45, 2.75) is 78.4 Å². The highest BCUT2D eigenvalue weighted by Crippen LogP contribution is 2.47. The molecule has 4 rings (SSSR count). The Morgan fingerprint density at radius 2 is 1.88 bits per heavy atom. The zero-order valence-corrected chi connectivity index (χ0v) is 24.8. The molecule has 2 aromatic heterocycles. The summed E-state index contributed by atoms with van der Waals surface area (Å²) in [5.41, 5.74) is -0.0635. The lowest BCUT2D eigenvalue weighted by atomic mass is 9.74. The van der Waals surface area contributed by atoms with Gasteiger partial charge in [0.25, 0.3) is 5.91 Å². The summed E-state index contributed by atoms with van der Waals surface area (Å²) in [5.74, 6) is -2.26. The molecule has 3 N–H and O–H groups in total. The molecule has 1 saturated heterocycles. The minimum absolute atomic E-state index is 0.0194. The van der Waals surface area contributed by atoms with E-state index in [0.29, 0.717) is 42.5 Å². The first kappa shape index (κ1) is 31.3. The number of H-pyrrole nitrogens is 1. The van der Waals surface area contributed by atoms with E-state index in [9.17, 15) is 28.7 Å². The summed E-state index contributed by atoms with van der Waals surface area (Å²) in [6, 6.07) is 6.65. The van der Waals surface area contributed by atoms with Crippen molar-refractivity contribution in [2.75, 3.05) is 0 Å². The van der Waals surface area contributed by atoms with Gasteiger partial charge in [0.1, 0.15) is 23.3 Å². The molecule has 0 saturated carbocycles. The van der Waals surface area contributed by atoms with Gasteiger partial charge in [0.2, 0.25) is 5.91 Å². The molecule has 1 aliphatic rings. The van der Waals surface area contributed by atoms with Crippen molar-refractivity contribution in [1.82, 2.24) is 25.4 Å². The zero-order valence-electron chi connectivity index (χ0n) is 24.8. The number of nitrogens with one attached hydrogen (secondary N) is 2. The second-order valence-electron chi connectivity index (χ2n) is 10.9. The van der Waals surface area contributed by atoms with E-state index in [-0.39, 0.29) is 17.2 Å². The number of carbonyl (C=O) groups is 3. The zero-order chi connectivity index (χ0) is 31.5.